The van der Waals surface area contributed by atoms with Crippen LogP contribution < -0.4 is 11.1 Å². The molecule has 0 aromatic heterocycles. The Morgan fingerprint density at radius 3 is 2.86 bits per heavy atom. The first-order valence-electron chi connectivity index (χ1n) is 7.59. The second-order valence-corrected chi connectivity index (χ2v) is 5.58. The Labute approximate surface area is 145 Å². The zero-order valence-electron chi connectivity index (χ0n) is 12.8. The number of hydrogen-bond donors (Lipinski definition) is 2. The van der Waals surface area contributed by atoms with Crippen molar-refractivity contribution in [1.82, 2.24) is 4.90 Å². The van der Waals surface area contributed by atoms with Gasteiger partial charge in [0.05, 0.1) is 0 Å². The fourth-order valence-corrected chi connectivity index (χ4v) is 2.56. The van der Waals surface area contributed by atoms with E-state index in [-0.39, 0.29) is 24.0 Å². The molecule has 0 bridgehead atoms. The highest BCUT2D eigenvalue weighted by atomic mass is 127. The Balaban J connectivity index is 0.00000220. The maximum Gasteiger partial charge on any atom is 0.191 e. The summed E-state index contributed by atoms with van der Waals surface area (Å²) in [6, 6.07) is 10.3. The first-order chi connectivity index (χ1) is 9.75. The first-order valence-corrected chi connectivity index (χ1v) is 7.59. The average Bonchev–Trinajstić information content (AvgIpc) is 2.48. The number of anilines is 1. The van der Waals surface area contributed by atoms with Gasteiger partial charge in [-0.3, -0.25) is 4.99 Å². The molecule has 1 aromatic carbocycles. The van der Waals surface area contributed by atoms with Crippen LogP contribution in [0.5, 0.6) is 0 Å². The van der Waals surface area contributed by atoms with Gasteiger partial charge in [0.2, 0.25) is 0 Å². The van der Waals surface area contributed by atoms with E-state index < -0.39 is 0 Å². The summed E-state index contributed by atoms with van der Waals surface area (Å²) in [7, 11) is 0. The number of piperidine rings is 1. The lowest BCUT2D eigenvalue weighted by Crippen LogP contribution is -2.43. The van der Waals surface area contributed by atoms with Crippen molar-refractivity contribution in [3.8, 4) is 0 Å². The Hall–Kier alpha value is -0.980. The third-order valence-electron chi connectivity index (χ3n) is 3.69. The van der Waals surface area contributed by atoms with Crippen LogP contribution in [-0.4, -0.2) is 37.0 Å². The molecule has 2 rings (SSSR count). The summed E-state index contributed by atoms with van der Waals surface area (Å²) in [4.78, 5) is 6.71. The van der Waals surface area contributed by atoms with Gasteiger partial charge in [-0.1, -0.05) is 25.1 Å². The topological polar surface area (TPSA) is 53.6 Å². The third-order valence-corrected chi connectivity index (χ3v) is 3.69. The largest absolute Gasteiger partial charge is 0.385 e. The lowest BCUT2D eigenvalue weighted by atomic mass is 10.0. The minimum absolute atomic E-state index is 0. The lowest BCUT2D eigenvalue weighted by Gasteiger charge is -2.31. The maximum atomic E-state index is 6.06. The molecule has 118 valence electrons. The fraction of sp³-hybridized carbons (Fsp3) is 0.562. The second-order valence-electron chi connectivity index (χ2n) is 5.58. The van der Waals surface area contributed by atoms with E-state index in [4.69, 9.17) is 5.73 Å². The molecule has 1 aliphatic heterocycles. The number of para-hydroxylation sites is 1. The molecule has 0 saturated carbocycles. The van der Waals surface area contributed by atoms with Crippen molar-refractivity contribution in [2.45, 2.75) is 26.2 Å². The number of aliphatic imine (C=N–C) groups is 1. The second kappa shape index (κ2) is 9.87. The van der Waals surface area contributed by atoms with Crippen LogP contribution in [0.15, 0.2) is 35.3 Å². The Bertz CT molecular complexity index is 422. The van der Waals surface area contributed by atoms with Gasteiger partial charge < -0.3 is 16.0 Å². The first kappa shape index (κ1) is 18.1. The van der Waals surface area contributed by atoms with Crippen molar-refractivity contribution in [2.75, 3.05) is 31.5 Å². The smallest absolute Gasteiger partial charge is 0.191 e. The number of hydrogen-bond acceptors (Lipinski definition) is 2. The SMILES string of the molecule is CC1CCCN(C(N)=NCCCNc2ccccc2)C1.I. The Kier molecular flexibility index (Phi) is 8.49. The van der Waals surface area contributed by atoms with E-state index in [0.717, 1.165) is 50.2 Å². The Morgan fingerprint density at radius 1 is 1.38 bits per heavy atom. The van der Waals surface area contributed by atoms with E-state index in [1.165, 1.54) is 12.8 Å². The minimum Gasteiger partial charge on any atom is -0.385 e. The number of guanidine groups is 1. The van der Waals surface area contributed by atoms with Crippen LogP contribution in [0.1, 0.15) is 26.2 Å². The minimum atomic E-state index is 0. The highest BCUT2D eigenvalue weighted by Gasteiger charge is 2.17. The number of benzene rings is 1. The molecular formula is C16H27IN4. The fourth-order valence-electron chi connectivity index (χ4n) is 2.56. The lowest BCUT2D eigenvalue weighted by molar-refractivity contribution is 0.270. The molecule has 21 heavy (non-hydrogen) atoms. The van der Waals surface area contributed by atoms with Gasteiger partial charge in [0.1, 0.15) is 0 Å². The van der Waals surface area contributed by atoms with Crippen molar-refractivity contribution in [3.63, 3.8) is 0 Å². The molecule has 0 aliphatic carbocycles. The molecule has 4 nitrogen and oxygen atoms in total. The number of halogens is 1. The standard InChI is InChI=1S/C16H26N4.HI/c1-14-7-5-12-20(13-14)16(17)19-11-6-10-18-15-8-3-2-4-9-15;/h2-4,8-9,14,18H,5-7,10-13H2,1H3,(H2,17,19);1H. The van der Waals surface area contributed by atoms with E-state index in [2.05, 4.69) is 34.3 Å². The summed E-state index contributed by atoms with van der Waals surface area (Å²) >= 11 is 0. The normalized spacial score (nSPS) is 19.0. The predicted octanol–water partition coefficient (Wildman–Crippen LogP) is 3.15. The molecule has 1 unspecified atom stereocenters. The third kappa shape index (κ3) is 6.54. The summed E-state index contributed by atoms with van der Waals surface area (Å²) in [6.45, 7) is 6.11. The van der Waals surface area contributed by atoms with E-state index in [0.29, 0.717) is 0 Å². The van der Waals surface area contributed by atoms with Crippen molar-refractivity contribution < 1.29 is 0 Å². The van der Waals surface area contributed by atoms with E-state index in [1.807, 2.05) is 18.2 Å². The van der Waals surface area contributed by atoms with Crippen LogP contribution in [0, 0.1) is 5.92 Å². The van der Waals surface area contributed by atoms with Crippen molar-refractivity contribution in [1.29, 1.82) is 0 Å². The number of nitrogens with one attached hydrogen (secondary N) is 1. The van der Waals surface area contributed by atoms with Gasteiger partial charge in [-0.05, 0) is 37.3 Å². The quantitative estimate of drug-likeness (QED) is 0.344. The number of rotatable bonds is 5. The van der Waals surface area contributed by atoms with Gasteiger partial charge in [-0.25, -0.2) is 0 Å². The number of nitrogens with two attached hydrogens (primary N) is 1. The zero-order valence-corrected chi connectivity index (χ0v) is 15.1. The molecule has 1 atom stereocenters. The molecule has 1 heterocycles. The molecule has 1 saturated heterocycles. The molecule has 0 radical (unpaired) electrons. The Morgan fingerprint density at radius 2 is 2.14 bits per heavy atom. The van der Waals surface area contributed by atoms with Gasteiger partial charge >= 0.3 is 0 Å². The molecule has 0 amide bonds. The predicted molar refractivity (Wildman–Crippen MR) is 101 cm³/mol. The van der Waals surface area contributed by atoms with Crippen LogP contribution in [0.25, 0.3) is 0 Å². The highest BCUT2D eigenvalue weighted by molar-refractivity contribution is 14.0. The van der Waals surface area contributed by atoms with Gasteiger partial charge in [0.15, 0.2) is 5.96 Å². The van der Waals surface area contributed by atoms with Gasteiger partial charge in [0, 0.05) is 31.9 Å². The van der Waals surface area contributed by atoms with Crippen LogP contribution in [0.3, 0.4) is 0 Å². The van der Waals surface area contributed by atoms with Crippen molar-refractivity contribution in [3.05, 3.63) is 30.3 Å². The summed E-state index contributed by atoms with van der Waals surface area (Å²) < 4.78 is 0. The van der Waals surface area contributed by atoms with Crippen LogP contribution in [-0.2, 0) is 0 Å². The van der Waals surface area contributed by atoms with E-state index in [1.54, 1.807) is 0 Å². The molecule has 5 heteroatoms. The summed E-state index contributed by atoms with van der Waals surface area (Å²) in [5.41, 5.74) is 7.22. The summed E-state index contributed by atoms with van der Waals surface area (Å²) in [5, 5.41) is 3.38. The monoisotopic (exact) mass is 402 g/mol. The van der Waals surface area contributed by atoms with E-state index >= 15 is 0 Å². The van der Waals surface area contributed by atoms with Crippen molar-refractivity contribution in [2.24, 2.45) is 16.6 Å². The molecule has 1 fully saturated rings. The van der Waals surface area contributed by atoms with Gasteiger partial charge in [-0.15, -0.1) is 24.0 Å². The number of nitrogens with zero attached hydrogens (tertiary/aromatic N) is 2. The molecule has 1 aromatic rings. The highest BCUT2D eigenvalue weighted by Crippen LogP contribution is 2.14. The van der Waals surface area contributed by atoms with Crippen LogP contribution in [0.2, 0.25) is 0 Å². The summed E-state index contributed by atoms with van der Waals surface area (Å²) in [5.74, 6) is 1.45. The molecule has 0 spiro atoms. The molecule has 3 N–H and O–H groups in total. The van der Waals surface area contributed by atoms with Gasteiger partial charge in [-0.2, -0.15) is 0 Å². The van der Waals surface area contributed by atoms with Crippen LogP contribution in [0.4, 0.5) is 5.69 Å². The molecular weight excluding hydrogens is 375 g/mol. The van der Waals surface area contributed by atoms with Crippen molar-refractivity contribution >= 4 is 35.6 Å². The van der Waals surface area contributed by atoms with Gasteiger partial charge in [0.25, 0.3) is 0 Å². The van der Waals surface area contributed by atoms with E-state index in [9.17, 15) is 0 Å². The maximum absolute atomic E-state index is 6.06. The zero-order chi connectivity index (χ0) is 14.2. The number of likely N-dealkylation sites (tertiary alicyclic amines) is 1. The average molecular weight is 402 g/mol. The molecule has 1 aliphatic rings. The van der Waals surface area contributed by atoms with Crippen LogP contribution >= 0.6 is 24.0 Å². The summed E-state index contributed by atoms with van der Waals surface area (Å²) in [6.07, 6.45) is 3.54.